The predicted octanol–water partition coefficient (Wildman–Crippen LogP) is 4.89. The van der Waals surface area contributed by atoms with Gasteiger partial charge in [0.2, 0.25) is 0 Å². The number of hydrogen-bond donors (Lipinski definition) is 0. The van der Waals surface area contributed by atoms with Gasteiger partial charge in [-0.25, -0.2) is 9.37 Å². The van der Waals surface area contributed by atoms with Crippen molar-refractivity contribution in [2.24, 2.45) is 0 Å². The maximum absolute atomic E-state index is 13.8. The lowest BCUT2D eigenvalue weighted by Crippen LogP contribution is -2.09. The lowest BCUT2D eigenvalue weighted by Gasteiger charge is -2.16. The molecule has 0 unspecified atom stereocenters. The summed E-state index contributed by atoms with van der Waals surface area (Å²) in [5.74, 6) is -0.146. The van der Waals surface area contributed by atoms with Crippen molar-refractivity contribution in [2.75, 3.05) is 0 Å². The van der Waals surface area contributed by atoms with Gasteiger partial charge in [-0.15, -0.1) is 0 Å². The van der Waals surface area contributed by atoms with Crippen molar-refractivity contribution in [3.05, 3.63) is 83.8 Å². The van der Waals surface area contributed by atoms with Crippen molar-refractivity contribution >= 4 is 10.9 Å². The van der Waals surface area contributed by atoms with Crippen LogP contribution in [0.25, 0.3) is 16.6 Å². The summed E-state index contributed by atoms with van der Waals surface area (Å²) < 4.78 is 18.2. The molecule has 0 saturated heterocycles. The van der Waals surface area contributed by atoms with E-state index in [9.17, 15) is 4.39 Å². The van der Waals surface area contributed by atoms with Crippen LogP contribution >= 0.6 is 0 Å². The lowest BCUT2D eigenvalue weighted by molar-refractivity contribution is 0.629. The van der Waals surface area contributed by atoms with E-state index in [1.165, 1.54) is 29.7 Å². The average Bonchev–Trinajstić information content (AvgIpc) is 3.30. The molecule has 5 rings (SSSR count). The molecule has 0 amide bonds. The smallest absolute Gasteiger partial charge is 0.123 e. The van der Waals surface area contributed by atoms with Crippen molar-refractivity contribution in [1.29, 1.82) is 0 Å². The number of fused-ring (bicyclic) bond motifs is 3. The molecule has 26 heavy (non-hydrogen) atoms. The maximum Gasteiger partial charge on any atom is 0.123 e. The van der Waals surface area contributed by atoms with Crippen molar-refractivity contribution in [2.45, 2.75) is 32.2 Å². The number of aromatic nitrogens is 3. The van der Waals surface area contributed by atoms with Crippen LogP contribution in [-0.2, 0) is 19.4 Å². The number of imidazole rings is 1. The average molecular weight is 345 g/mol. The van der Waals surface area contributed by atoms with Gasteiger partial charge < -0.3 is 9.13 Å². The van der Waals surface area contributed by atoms with Crippen molar-refractivity contribution in [3.8, 4) is 5.69 Å². The van der Waals surface area contributed by atoms with Gasteiger partial charge in [0.1, 0.15) is 5.82 Å². The minimum absolute atomic E-state index is 0.146. The van der Waals surface area contributed by atoms with Gasteiger partial charge in [-0.3, -0.25) is 0 Å². The molecule has 0 atom stereocenters. The standard InChI is InChI=1S/C22H20FN3/c23-17-7-10-22-20(13-17)19-3-1-2-4-21(19)26(22)14-16-5-8-18(9-6-16)25-12-11-24-15-25/h5-13,15H,1-4,14H2. The van der Waals surface area contributed by atoms with Gasteiger partial charge in [0.15, 0.2) is 0 Å². The topological polar surface area (TPSA) is 22.8 Å². The molecule has 3 nitrogen and oxygen atoms in total. The number of nitrogens with zero attached hydrogens (tertiary/aromatic N) is 3. The molecular formula is C22H20FN3. The minimum Gasteiger partial charge on any atom is -0.340 e. The van der Waals surface area contributed by atoms with Gasteiger partial charge in [0, 0.05) is 41.2 Å². The second kappa shape index (κ2) is 6.13. The zero-order valence-corrected chi connectivity index (χ0v) is 14.5. The number of hydrogen-bond acceptors (Lipinski definition) is 1. The Morgan fingerprint density at radius 3 is 2.65 bits per heavy atom. The molecule has 0 radical (unpaired) electrons. The quantitative estimate of drug-likeness (QED) is 0.518. The summed E-state index contributed by atoms with van der Waals surface area (Å²) in [6.45, 7) is 0.821. The SMILES string of the molecule is Fc1ccc2c(c1)c1c(n2Cc2ccc(-n3ccnc3)cc2)CCCC1. The first kappa shape index (κ1) is 15.4. The molecule has 2 aromatic heterocycles. The first-order valence-corrected chi connectivity index (χ1v) is 9.16. The molecule has 0 N–H and O–H groups in total. The summed E-state index contributed by atoms with van der Waals surface area (Å²) in [7, 11) is 0. The molecule has 4 heteroatoms. The molecule has 0 fully saturated rings. The van der Waals surface area contributed by atoms with E-state index >= 15 is 0 Å². The Kier molecular flexibility index (Phi) is 3.63. The van der Waals surface area contributed by atoms with Crippen LogP contribution < -0.4 is 0 Å². The minimum atomic E-state index is -0.146. The second-order valence-corrected chi connectivity index (χ2v) is 7.02. The molecule has 0 bridgehead atoms. The normalized spacial score (nSPS) is 13.9. The van der Waals surface area contributed by atoms with Crippen LogP contribution in [0.1, 0.15) is 29.7 Å². The zero-order chi connectivity index (χ0) is 17.5. The van der Waals surface area contributed by atoms with E-state index < -0.39 is 0 Å². The van der Waals surface area contributed by atoms with Gasteiger partial charge in [-0.05, 0) is 67.1 Å². The Hall–Kier alpha value is -2.88. The Labute approximate surface area is 151 Å². The Morgan fingerprint density at radius 2 is 1.85 bits per heavy atom. The number of halogens is 1. The van der Waals surface area contributed by atoms with Gasteiger partial charge >= 0.3 is 0 Å². The monoisotopic (exact) mass is 345 g/mol. The zero-order valence-electron chi connectivity index (χ0n) is 14.5. The van der Waals surface area contributed by atoms with Crippen molar-refractivity contribution < 1.29 is 4.39 Å². The van der Waals surface area contributed by atoms with Crippen molar-refractivity contribution in [3.63, 3.8) is 0 Å². The molecule has 4 aromatic rings. The Balaban J connectivity index is 1.55. The van der Waals surface area contributed by atoms with Crippen LogP contribution in [0.15, 0.2) is 61.2 Å². The summed E-state index contributed by atoms with van der Waals surface area (Å²) in [4.78, 5) is 4.10. The van der Waals surface area contributed by atoms with E-state index in [1.54, 1.807) is 24.7 Å². The summed E-state index contributed by atoms with van der Waals surface area (Å²) in [5.41, 5.74) is 6.24. The van der Waals surface area contributed by atoms with Crippen LogP contribution in [0.3, 0.4) is 0 Å². The van der Waals surface area contributed by atoms with Gasteiger partial charge in [0.05, 0.1) is 6.33 Å². The third-order valence-corrected chi connectivity index (χ3v) is 5.42. The molecule has 1 aliphatic rings. The number of benzene rings is 2. The first-order valence-electron chi connectivity index (χ1n) is 9.16. The van der Waals surface area contributed by atoms with Crippen LogP contribution in [0.2, 0.25) is 0 Å². The summed E-state index contributed by atoms with van der Waals surface area (Å²) in [5, 5.41) is 1.09. The third kappa shape index (κ3) is 2.53. The summed E-state index contributed by atoms with van der Waals surface area (Å²) in [6, 6.07) is 13.8. The van der Waals surface area contributed by atoms with Gasteiger partial charge in [-0.2, -0.15) is 0 Å². The van der Waals surface area contributed by atoms with E-state index in [-0.39, 0.29) is 5.82 Å². The predicted molar refractivity (Wildman–Crippen MR) is 101 cm³/mol. The molecule has 0 saturated carbocycles. The fourth-order valence-electron chi connectivity index (χ4n) is 4.16. The number of aryl methyl sites for hydroxylation is 1. The fourth-order valence-corrected chi connectivity index (χ4v) is 4.16. The van der Waals surface area contributed by atoms with E-state index in [0.717, 1.165) is 36.0 Å². The highest BCUT2D eigenvalue weighted by Crippen LogP contribution is 2.33. The summed E-state index contributed by atoms with van der Waals surface area (Å²) in [6.07, 6.45) is 10.1. The van der Waals surface area contributed by atoms with Crippen LogP contribution in [0.5, 0.6) is 0 Å². The molecule has 130 valence electrons. The molecule has 0 spiro atoms. The van der Waals surface area contributed by atoms with E-state index in [4.69, 9.17) is 0 Å². The Morgan fingerprint density at radius 1 is 1.00 bits per heavy atom. The van der Waals surface area contributed by atoms with E-state index in [2.05, 4.69) is 33.8 Å². The van der Waals surface area contributed by atoms with Crippen LogP contribution in [0.4, 0.5) is 4.39 Å². The molecule has 2 aromatic carbocycles. The highest BCUT2D eigenvalue weighted by atomic mass is 19.1. The fraction of sp³-hybridized carbons (Fsp3) is 0.227. The molecule has 0 aliphatic heterocycles. The first-order chi connectivity index (χ1) is 12.8. The third-order valence-electron chi connectivity index (χ3n) is 5.42. The Bertz CT molecular complexity index is 1060. The number of rotatable bonds is 3. The van der Waals surface area contributed by atoms with E-state index in [0.29, 0.717) is 0 Å². The highest BCUT2D eigenvalue weighted by Gasteiger charge is 2.20. The van der Waals surface area contributed by atoms with Crippen LogP contribution in [0, 0.1) is 5.82 Å². The van der Waals surface area contributed by atoms with Gasteiger partial charge in [0.25, 0.3) is 0 Å². The van der Waals surface area contributed by atoms with Gasteiger partial charge in [-0.1, -0.05) is 12.1 Å². The van der Waals surface area contributed by atoms with Crippen LogP contribution in [-0.4, -0.2) is 14.1 Å². The van der Waals surface area contributed by atoms with E-state index in [1.807, 2.05) is 16.8 Å². The lowest BCUT2D eigenvalue weighted by atomic mass is 9.95. The summed E-state index contributed by atoms with van der Waals surface area (Å²) >= 11 is 0. The maximum atomic E-state index is 13.8. The highest BCUT2D eigenvalue weighted by molar-refractivity contribution is 5.86. The molecular weight excluding hydrogens is 325 g/mol. The van der Waals surface area contributed by atoms with Crippen molar-refractivity contribution in [1.82, 2.24) is 14.1 Å². The largest absolute Gasteiger partial charge is 0.340 e. The second-order valence-electron chi connectivity index (χ2n) is 7.02. The molecule has 2 heterocycles. The molecule has 1 aliphatic carbocycles.